The molecule has 2 heterocycles. The van der Waals surface area contributed by atoms with Crippen molar-refractivity contribution in [3.8, 4) is 0 Å². The molecule has 2 saturated carbocycles. The number of rotatable bonds is 5. The summed E-state index contributed by atoms with van der Waals surface area (Å²) in [4.78, 5) is 14.2. The minimum absolute atomic E-state index is 0.350. The first kappa shape index (κ1) is 16.6. The molecule has 2 aromatic heterocycles. The van der Waals surface area contributed by atoms with Gasteiger partial charge >= 0.3 is 0 Å². The Balaban J connectivity index is 1.65. The molecule has 2 fully saturated rings. The first-order valence-electron chi connectivity index (χ1n) is 9.75. The molecule has 136 valence electrons. The van der Waals surface area contributed by atoms with Crippen LogP contribution in [0.4, 0.5) is 11.8 Å². The lowest BCUT2D eigenvalue weighted by atomic mass is 9.92. The highest BCUT2D eigenvalue weighted by molar-refractivity contribution is 5.84. The molecule has 0 unspecified atom stereocenters. The highest BCUT2D eigenvalue weighted by Gasteiger charge is 2.23. The lowest BCUT2D eigenvalue weighted by Gasteiger charge is -2.27. The Kier molecular flexibility index (Phi) is 4.74. The van der Waals surface area contributed by atoms with E-state index in [2.05, 4.69) is 27.1 Å². The first-order valence-corrected chi connectivity index (χ1v) is 9.75. The van der Waals surface area contributed by atoms with Crippen LogP contribution in [0, 0.1) is 0 Å². The number of nitrogens with one attached hydrogen (secondary N) is 2. The summed E-state index contributed by atoms with van der Waals surface area (Å²) in [5, 5.41) is 6.89. The number of nitrogens with zero attached hydrogens (tertiary/aromatic N) is 4. The SMILES string of the molecule is CCNc1nc(NC2CCC(N)CC2)nc2c1ncn2C1CCCC1. The van der Waals surface area contributed by atoms with Gasteiger partial charge in [-0.1, -0.05) is 12.8 Å². The second-order valence-electron chi connectivity index (χ2n) is 7.44. The second kappa shape index (κ2) is 7.15. The van der Waals surface area contributed by atoms with Crippen molar-refractivity contribution in [3.05, 3.63) is 6.33 Å². The van der Waals surface area contributed by atoms with E-state index in [1.54, 1.807) is 0 Å². The number of nitrogens with two attached hydrogens (primary N) is 1. The minimum Gasteiger partial charge on any atom is -0.368 e. The normalized spacial score (nSPS) is 24.7. The van der Waals surface area contributed by atoms with Crippen LogP contribution in [0.3, 0.4) is 0 Å². The van der Waals surface area contributed by atoms with Gasteiger partial charge in [0.25, 0.3) is 0 Å². The molecule has 0 atom stereocenters. The summed E-state index contributed by atoms with van der Waals surface area (Å²) in [6.07, 6.45) is 11.3. The maximum absolute atomic E-state index is 6.02. The average Bonchev–Trinajstić information content (AvgIpc) is 3.26. The molecular formula is C18H29N7. The molecule has 0 bridgehead atoms. The summed E-state index contributed by atoms with van der Waals surface area (Å²) in [6, 6.07) is 1.28. The Morgan fingerprint density at radius 2 is 1.88 bits per heavy atom. The van der Waals surface area contributed by atoms with E-state index in [0.717, 1.165) is 49.2 Å². The van der Waals surface area contributed by atoms with Gasteiger partial charge in [0.05, 0.1) is 6.33 Å². The highest BCUT2D eigenvalue weighted by Crippen LogP contribution is 2.33. The Labute approximate surface area is 148 Å². The van der Waals surface area contributed by atoms with Gasteiger partial charge in [-0.05, 0) is 45.4 Å². The third-order valence-corrected chi connectivity index (χ3v) is 5.59. The van der Waals surface area contributed by atoms with E-state index in [1.807, 2.05) is 6.33 Å². The molecule has 25 heavy (non-hydrogen) atoms. The molecular weight excluding hydrogens is 314 g/mol. The molecule has 2 aliphatic rings. The van der Waals surface area contributed by atoms with Crippen LogP contribution in [-0.2, 0) is 0 Å². The zero-order chi connectivity index (χ0) is 17.2. The van der Waals surface area contributed by atoms with Crippen LogP contribution in [0.2, 0.25) is 0 Å². The van der Waals surface area contributed by atoms with Crippen LogP contribution in [0.15, 0.2) is 6.33 Å². The van der Waals surface area contributed by atoms with E-state index >= 15 is 0 Å². The zero-order valence-electron chi connectivity index (χ0n) is 15.0. The molecule has 2 aromatic rings. The van der Waals surface area contributed by atoms with Gasteiger partial charge in [-0.15, -0.1) is 0 Å². The van der Waals surface area contributed by atoms with Crippen LogP contribution in [0.5, 0.6) is 0 Å². The van der Waals surface area contributed by atoms with Crippen molar-refractivity contribution >= 4 is 22.9 Å². The molecule has 2 aliphatic carbocycles. The summed E-state index contributed by atoms with van der Waals surface area (Å²) in [5.74, 6) is 1.54. The summed E-state index contributed by atoms with van der Waals surface area (Å²) >= 11 is 0. The first-order chi connectivity index (χ1) is 12.2. The quantitative estimate of drug-likeness (QED) is 0.772. The van der Waals surface area contributed by atoms with E-state index in [0.29, 0.717) is 24.1 Å². The van der Waals surface area contributed by atoms with Gasteiger partial charge < -0.3 is 20.9 Å². The molecule has 0 radical (unpaired) electrons. The van der Waals surface area contributed by atoms with Gasteiger partial charge in [0.15, 0.2) is 17.0 Å². The standard InChI is InChI=1S/C18H29N7/c1-2-20-16-15-17(25(11-21-15)14-5-3-4-6-14)24-18(23-16)22-13-9-7-12(19)8-10-13/h11-14H,2-10,19H2,1H3,(H2,20,22,23,24). The van der Waals surface area contributed by atoms with Crippen molar-refractivity contribution in [2.45, 2.75) is 76.4 Å². The van der Waals surface area contributed by atoms with E-state index in [-0.39, 0.29) is 0 Å². The number of hydrogen-bond acceptors (Lipinski definition) is 6. The maximum Gasteiger partial charge on any atom is 0.227 e. The van der Waals surface area contributed by atoms with Crippen LogP contribution in [0.1, 0.15) is 64.3 Å². The fourth-order valence-electron chi connectivity index (χ4n) is 4.17. The van der Waals surface area contributed by atoms with Crippen LogP contribution >= 0.6 is 0 Å². The number of anilines is 2. The van der Waals surface area contributed by atoms with Crippen molar-refractivity contribution in [3.63, 3.8) is 0 Å². The minimum atomic E-state index is 0.350. The van der Waals surface area contributed by atoms with Crippen LogP contribution in [-0.4, -0.2) is 38.1 Å². The summed E-state index contributed by atoms with van der Waals surface area (Å²) in [7, 11) is 0. The molecule has 0 aromatic carbocycles. The largest absolute Gasteiger partial charge is 0.368 e. The van der Waals surface area contributed by atoms with Crippen molar-refractivity contribution in [2.75, 3.05) is 17.2 Å². The van der Waals surface area contributed by atoms with Crippen molar-refractivity contribution in [2.24, 2.45) is 5.73 Å². The summed E-state index contributed by atoms with van der Waals surface area (Å²) < 4.78 is 2.26. The summed E-state index contributed by atoms with van der Waals surface area (Å²) in [5.41, 5.74) is 7.85. The van der Waals surface area contributed by atoms with E-state index < -0.39 is 0 Å². The van der Waals surface area contributed by atoms with Crippen LogP contribution in [0.25, 0.3) is 11.2 Å². The molecule has 4 rings (SSSR count). The van der Waals surface area contributed by atoms with Crippen molar-refractivity contribution < 1.29 is 0 Å². The number of hydrogen-bond donors (Lipinski definition) is 3. The average molecular weight is 343 g/mol. The number of imidazole rings is 1. The van der Waals surface area contributed by atoms with E-state index in [4.69, 9.17) is 15.7 Å². The third-order valence-electron chi connectivity index (χ3n) is 5.59. The predicted octanol–water partition coefficient (Wildman–Crippen LogP) is 3.06. The lowest BCUT2D eigenvalue weighted by molar-refractivity contribution is 0.410. The molecule has 4 N–H and O–H groups in total. The van der Waals surface area contributed by atoms with Gasteiger partial charge in [-0.25, -0.2) is 4.98 Å². The fourth-order valence-corrected chi connectivity index (χ4v) is 4.17. The van der Waals surface area contributed by atoms with Gasteiger partial charge in [0.1, 0.15) is 0 Å². The lowest BCUT2D eigenvalue weighted by Crippen LogP contribution is -2.33. The highest BCUT2D eigenvalue weighted by atomic mass is 15.2. The van der Waals surface area contributed by atoms with Gasteiger partial charge in [-0.2, -0.15) is 9.97 Å². The molecule has 0 spiro atoms. The number of aromatic nitrogens is 4. The van der Waals surface area contributed by atoms with Crippen molar-refractivity contribution in [1.82, 2.24) is 19.5 Å². The molecule has 0 saturated heterocycles. The topological polar surface area (TPSA) is 93.7 Å². The van der Waals surface area contributed by atoms with E-state index in [1.165, 1.54) is 25.7 Å². The van der Waals surface area contributed by atoms with Gasteiger partial charge in [-0.3, -0.25) is 0 Å². The van der Waals surface area contributed by atoms with Crippen LogP contribution < -0.4 is 16.4 Å². The monoisotopic (exact) mass is 343 g/mol. The summed E-state index contributed by atoms with van der Waals surface area (Å²) in [6.45, 7) is 2.90. The molecule has 7 nitrogen and oxygen atoms in total. The Hall–Kier alpha value is -1.89. The molecule has 0 amide bonds. The molecule has 7 heteroatoms. The predicted molar refractivity (Wildman–Crippen MR) is 101 cm³/mol. The van der Waals surface area contributed by atoms with E-state index in [9.17, 15) is 0 Å². The van der Waals surface area contributed by atoms with Crippen molar-refractivity contribution in [1.29, 1.82) is 0 Å². The Morgan fingerprint density at radius 3 is 2.60 bits per heavy atom. The molecule has 0 aliphatic heterocycles. The van der Waals surface area contributed by atoms with Gasteiger partial charge in [0.2, 0.25) is 5.95 Å². The fraction of sp³-hybridized carbons (Fsp3) is 0.722. The third kappa shape index (κ3) is 3.42. The van der Waals surface area contributed by atoms with Gasteiger partial charge in [0, 0.05) is 24.7 Å². The zero-order valence-corrected chi connectivity index (χ0v) is 15.0. The Morgan fingerprint density at radius 1 is 1.12 bits per heavy atom. The Bertz CT molecular complexity index is 712. The number of fused-ring (bicyclic) bond motifs is 1. The second-order valence-corrected chi connectivity index (χ2v) is 7.44. The maximum atomic E-state index is 6.02. The smallest absolute Gasteiger partial charge is 0.227 e.